The number of nitrogens with zero attached hydrogens (tertiary/aromatic N) is 2. The summed E-state index contributed by atoms with van der Waals surface area (Å²) in [4.78, 5) is 4.32. The molecule has 0 N–H and O–H groups in total. The van der Waals surface area contributed by atoms with Crippen LogP contribution in [0.25, 0.3) is 5.57 Å². The Morgan fingerprint density at radius 3 is 2.90 bits per heavy atom. The smallest absolute Gasteiger partial charge is 0.119 e. The van der Waals surface area contributed by atoms with Crippen LogP contribution >= 0.6 is 0 Å². The lowest BCUT2D eigenvalue weighted by Crippen LogP contribution is -2.00. The quantitative estimate of drug-likeness (QED) is 0.711. The first-order valence-corrected chi connectivity index (χ1v) is 7.58. The molecule has 21 heavy (non-hydrogen) atoms. The van der Waals surface area contributed by atoms with Crippen LogP contribution in [0.5, 0.6) is 5.75 Å². The van der Waals surface area contributed by atoms with Gasteiger partial charge in [0, 0.05) is 13.2 Å². The van der Waals surface area contributed by atoms with Crippen molar-refractivity contribution in [3.8, 4) is 5.75 Å². The van der Waals surface area contributed by atoms with Gasteiger partial charge in [-0.15, -0.1) is 0 Å². The second-order valence-electron chi connectivity index (χ2n) is 5.18. The van der Waals surface area contributed by atoms with Gasteiger partial charge in [-0.05, 0) is 49.5 Å². The summed E-state index contributed by atoms with van der Waals surface area (Å²) < 4.78 is 7.83. The van der Waals surface area contributed by atoms with Gasteiger partial charge in [0.15, 0.2) is 0 Å². The summed E-state index contributed by atoms with van der Waals surface area (Å²) >= 11 is 0. The van der Waals surface area contributed by atoms with Gasteiger partial charge in [-0.2, -0.15) is 0 Å². The minimum atomic E-state index is 0.720. The maximum atomic E-state index is 5.85. The van der Waals surface area contributed by atoms with E-state index in [0.717, 1.165) is 37.3 Å². The van der Waals surface area contributed by atoms with Gasteiger partial charge in [0.1, 0.15) is 5.75 Å². The second kappa shape index (κ2) is 7.67. The molecule has 3 nitrogen and oxygen atoms in total. The fraction of sp³-hybridized carbons (Fsp3) is 0.389. The highest BCUT2D eigenvalue weighted by Crippen LogP contribution is 2.22. The van der Waals surface area contributed by atoms with Crippen LogP contribution in [0.3, 0.4) is 0 Å². The molecule has 112 valence electrons. The van der Waals surface area contributed by atoms with Crippen molar-refractivity contribution in [1.29, 1.82) is 0 Å². The van der Waals surface area contributed by atoms with Crippen LogP contribution in [0.4, 0.5) is 0 Å². The van der Waals surface area contributed by atoms with Gasteiger partial charge < -0.3 is 9.30 Å². The van der Waals surface area contributed by atoms with E-state index in [2.05, 4.69) is 49.3 Å². The Morgan fingerprint density at radius 1 is 1.38 bits per heavy atom. The lowest BCUT2D eigenvalue weighted by Gasteiger charge is -2.09. The van der Waals surface area contributed by atoms with Gasteiger partial charge in [0.05, 0.1) is 18.6 Å². The molecule has 0 bridgehead atoms. The van der Waals surface area contributed by atoms with E-state index in [1.165, 1.54) is 11.1 Å². The first-order chi connectivity index (χ1) is 10.2. The molecule has 2 rings (SSSR count). The van der Waals surface area contributed by atoms with Crippen molar-refractivity contribution in [3.05, 3.63) is 54.1 Å². The van der Waals surface area contributed by atoms with E-state index in [0.29, 0.717) is 0 Å². The number of aromatic nitrogens is 2. The number of imidazole rings is 1. The van der Waals surface area contributed by atoms with Crippen molar-refractivity contribution in [2.75, 3.05) is 6.61 Å². The topological polar surface area (TPSA) is 27.1 Å². The Balaban J connectivity index is 1.84. The highest BCUT2D eigenvalue weighted by Gasteiger charge is 2.01. The van der Waals surface area contributed by atoms with E-state index in [-0.39, 0.29) is 0 Å². The van der Waals surface area contributed by atoms with Crippen molar-refractivity contribution in [2.45, 2.75) is 33.1 Å². The van der Waals surface area contributed by atoms with E-state index in [9.17, 15) is 0 Å². The Kier molecular flexibility index (Phi) is 5.61. The molecule has 0 unspecified atom stereocenters. The van der Waals surface area contributed by atoms with Gasteiger partial charge in [-0.25, -0.2) is 4.98 Å². The molecular weight excluding hydrogens is 260 g/mol. The number of aryl methyl sites for hydroxylation is 2. The first kappa shape index (κ1) is 15.4. The molecule has 0 radical (unpaired) electrons. The van der Waals surface area contributed by atoms with Gasteiger partial charge in [0.25, 0.3) is 0 Å². The van der Waals surface area contributed by atoms with E-state index < -0.39 is 0 Å². The minimum Gasteiger partial charge on any atom is -0.494 e. The van der Waals surface area contributed by atoms with Gasteiger partial charge >= 0.3 is 0 Å². The molecule has 0 atom stereocenters. The highest BCUT2D eigenvalue weighted by molar-refractivity contribution is 5.66. The normalized spacial score (nSPS) is 11.7. The third kappa shape index (κ3) is 4.48. The summed E-state index contributed by atoms with van der Waals surface area (Å²) in [5, 5.41) is 0. The SMILES string of the molecule is C/C=C(\CC)c1cccc(OCCCc2cn(C)cn2)c1. The number of rotatable bonds is 7. The molecule has 0 aliphatic rings. The molecule has 1 heterocycles. The van der Waals surface area contributed by atoms with Crippen LogP contribution in [-0.4, -0.2) is 16.2 Å². The number of hydrogen-bond acceptors (Lipinski definition) is 2. The van der Waals surface area contributed by atoms with Crippen LogP contribution in [0.2, 0.25) is 0 Å². The van der Waals surface area contributed by atoms with Crippen LogP contribution < -0.4 is 4.74 Å². The van der Waals surface area contributed by atoms with E-state index >= 15 is 0 Å². The van der Waals surface area contributed by atoms with Gasteiger partial charge in [-0.3, -0.25) is 0 Å². The van der Waals surface area contributed by atoms with Crippen molar-refractivity contribution < 1.29 is 4.74 Å². The summed E-state index contributed by atoms with van der Waals surface area (Å²) in [5.74, 6) is 0.946. The van der Waals surface area contributed by atoms with Crippen LogP contribution in [-0.2, 0) is 13.5 Å². The molecule has 0 fully saturated rings. The van der Waals surface area contributed by atoms with Gasteiger partial charge in [0.2, 0.25) is 0 Å². The van der Waals surface area contributed by atoms with Crippen LogP contribution in [0.1, 0.15) is 37.9 Å². The van der Waals surface area contributed by atoms with Crippen molar-refractivity contribution >= 4 is 5.57 Å². The molecule has 3 heteroatoms. The molecule has 0 aliphatic carbocycles. The largest absolute Gasteiger partial charge is 0.494 e. The average molecular weight is 284 g/mol. The lowest BCUT2D eigenvalue weighted by molar-refractivity contribution is 0.310. The Labute approximate surface area is 127 Å². The molecule has 0 saturated heterocycles. The molecule has 2 aromatic rings. The molecule has 0 spiro atoms. The predicted octanol–water partition coefficient (Wildman–Crippen LogP) is 4.25. The highest BCUT2D eigenvalue weighted by atomic mass is 16.5. The summed E-state index contributed by atoms with van der Waals surface area (Å²) in [6.07, 6.45) is 9.03. The number of hydrogen-bond donors (Lipinski definition) is 0. The van der Waals surface area contributed by atoms with E-state index in [1.807, 2.05) is 24.0 Å². The predicted molar refractivity (Wildman–Crippen MR) is 87.4 cm³/mol. The number of benzene rings is 1. The number of allylic oxidation sites excluding steroid dienone is 2. The molecule has 0 aliphatic heterocycles. The average Bonchev–Trinajstić information content (AvgIpc) is 2.91. The molecule has 0 amide bonds. The Hall–Kier alpha value is -2.03. The summed E-state index contributed by atoms with van der Waals surface area (Å²) in [6, 6.07) is 8.34. The lowest BCUT2D eigenvalue weighted by atomic mass is 10.0. The zero-order valence-corrected chi connectivity index (χ0v) is 13.2. The third-order valence-corrected chi connectivity index (χ3v) is 3.54. The second-order valence-corrected chi connectivity index (χ2v) is 5.18. The molecule has 1 aromatic heterocycles. The zero-order valence-electron chi connectivity index (χ0n) is 13.2. The Bertz CT molecular complexity index is 599. The maximum absolute atomic E-state index is 5.85. The third-order valence-electron chi connectivity index (χ3n) is 3.54. The zero-order chi connectivity index (χ0) is 15.1. The fourth-order valence-electron chi connectivity index (χ4n) is 2.40. The van der Waals surface area contributed by atoms with E-state index in [1.54, 1.807) is 0 Å². The summed E-state index contributed by atoms with van der Waals surface area (Å²) in [5.41, 5.74) is 3.73. The Morgan fingerprint density at radius 2 is 2.24 bits per heavy atom. The molecule has 0 saturated carbocycles. The number of ether oxygens (including phenoxy) is 1. The maximum Gasteiger partial charge on any atom is 0.119 e. The monoisotopic (exact) mass is 284 g/mol. The van der Waals surface area contributed by atoms with Crippen LogP contribution in [0, 0.1) is 0 Å². The van der Waals surface area contributed by atoms with Crippen molar-refractivity contribution in [2.24, 2.45) is 7.05 Å². The standard InChI is InChI=1S/C18H24N2O/c1-4-15(5-2)16-8-6-10-18(12-16)21-11-7-9-17-13-20(3)14-19-17/h4,6,8,10,12-14H,5,7,9,11H2,1-3H3/b15-4+. The van der Waals surface area contributed by atoms with E-state index in [4.69, 9.17) is 4.74 Å². The molecular formula is C18H24N2O. The van der Waals surface area contributed by atoms with Crippen molar-refractivity contribution in [1.82, 2.24) is 9.55 Å². The first-order valence-electron chi connectivity index (χ1n) is 7.58. The summed E-state index contributed by atoms with van der Waals surface area (Å²) in [6.45, 7) is 4.98. The molecule has 1 aromatic carbocycles. The summed E-state index contributed by atoms with van der Waals surface area (Å²) in [7, 11) is 1.99. The minimum absolute atomic E-state index is 0.720. The van der Waals surface area contributed by atoms with Crippen molar-refractivity contribution in [3.63, 3.8) is 0 Å². The van der Waals surface area contributed by atoms with Crippen LogP contribution in [0.15, 0.2) is 42.9 Å². The fourth-order valence-corrected chi connectivity index (χ4v) is 2.40. The van der Waals surface area contributed by atoms with Gasteiger partial charge in [-0.1, -0.05) is 25.1 Å².